The van der Waals surface area contributed by atoms with Crippen LogP contribution < -0.4 is 4.90 Å². The van der Waals surface area contributed by atoms with Gasteiger partial charge in [-0.15, -0.1) is 0 Å². The van der Waals surface area contributed by atoms with Crippen LogP contribution in [0.5, 0.6) is 0 Å². The number of benzene rings is 1. The highest BCUT2D eigenvalue weighted by atomic mass is 16.4. The molecule has 1 heterocycles. The molecule has 1 saturated carbocycles. The largest absolute Gasteiger partial charge is 0.481 e. The van der Waals surface area contributed by atoms with E-state index in [4.69, 9.17) is 5.11 Å². The maximum atomic E-state index is 11.6. The van der Waals surface area contributed by atoms with Crippen molar-refractivity contribution in [2.75, 3.05) is 11.9 Å². The third kappa shape index (κ3) is 1.78. The molecule has 1 fully saturated rings. The van der Waals surface area contributed by atoms with E-state index in [0.29, 0.717) is 6.42 Å². The zero-order valence-corrected chi connectivity index (χ0v) is 10.2. The molecule has 1 aromatic carbocycles. The second kappa shape index (κ2) is 3.83. The number of carboxylic acid groups (broad SMARTS) is 1. The summed E-state index contributed by atoms with van der Waals surface area (Å²) in [6.45, 7) is 0. The number of amides is 1. The Hall–Kier alpha value is -1.84. The van der Waals surface area contributed by atoms with E-state index >= 15 is 0 Å². The quantitative estimate of drug-likeness (QED) is 0.877. The number of carbonyl (C=O) groups excluding carboxylic acids is 1. The zero-order valence-electron chi connectivity index (χ0n) is 10.2. The van der Waals surface area contributed by atoms with Crippen LogP contribution in [0, 0.1) is 11.8 Å². The smallest absolute Gasteiger partial charge is 0.306 e. The van der Waals surface area contributed by atoms with Gasteiger partial charge < -0.3 is 10.0 Å². The van der Waals surface area contributed by atoms with Gasteiger partial charge in [-0.25, -0.2) is 0 Å². The van der Waals surface area contributed by atoms with Crippen molar-refractivity contribution in [3.63, 3.8) is 0 Å². The molecule has 1 aliphatic carbocycles. The molecular formula is C14H15NO3. The standard InChI is InChI=1S/C14H15NO3/c1-15-12-3-2-8(5-10(12)7-13(15)16)4-9-6-11(9)14(17)18/h2-3,5,9,11H,4,6-7H2,1H3,(H,17,18). The molecule has 2 atom stereocenters. The molecule has 1 amide bonds. The van der Waals surface area contributed by atoms with Gasteiger partial charge in [-0.1, -0.05) is 12.1 Å². The van der Waals surface area contributed by atoms with Gasteiger partial charge in [0.05, 0.1) is 12.3 Å². The number of likely N-dealkylation sites (N-methyl/N-ethyl adjacent to an activating group) is 1. The molecule has 1 aliphatic heterocycles. The molecule has 1 aromatic rings. The zero-order chi connectivity index (χ0) is 12.9. The Morgan fingerprint density at radius 2 is 2.28 bits per heavy atom. The second-order valence-electron chi connectivity index (χ2n) is 5.24. The Morgan fingerprint density at radius 3 is 2.94 bits per heavy atom. The summed E-state index contributed by atoms with van der Waals surface area (Å²) in [5, 5.41) is 8.87. The van der Waals surface area contributed by atoms with Crippen LogP contribution in [0.3, 0.4) is 0 Å². The predicted molar refractivity (Wildman–Crippen MR) is 66.5 cm³/mol. The minimum Gasteiger partial charge on any atom is -0.481 e. The topological polar surface area (TPSA) is 57.6 Å². The summed E-state index contributed by atoms with van der Waals surface area (Å²) < 4.78 is 0. The summed E-state index contributed by atoms with van der Waals surface area (Å²) in [6.07, 6.45) is 2.06. The highest BCUT2D eigenvalue weighted by Crippen LogP contribution is 2.41. The summed E-state index contributed by atoms with van der Waals surface area (Å²) in [5.41, 5.74) is 3.19. The normalized spacial score (nSPS) is 25.2. The SMILES string of the molecule is CN1C(=O)Cc2cc(CC3CC3C(=O)O)ccc21. The van der Waals surface area contributed by atoms with Crippen LogP contribution in [0.15, 0.2) is 18.2 Å². The lowest BCUT2D eigenvalue weighted by molar-refractivity contribution is -0.138. The number of hydrogen-bond acceptors (Lipinski definition) is 2. The number of nitrogens with zero attached hydrogens (tertiary/aromatic N) is 1. The first-order valence-electron chi connectivity index (χ1n) is 6.17. The maximum absolute atomic E-state index is 11.6. The van der Waals surface area contributed by atoms with Gasteiger partial charge in [-0.3, -0.25) is 9.59 Å². The van der Waals surface area contributed by atoms with Gasteiger partial charge >= 0.3 is 5.97 Å². The molecule has 3 rings (SSSR count). The Morgan fingerprint density at radius 1 is 1.50 bits per heavy atom. The molecule has 2 aliphatic rings. The number of hydrogen-bond donors (Lipinski definition) is 1. The van der Waals surface area contributed by atoms with Crippen molar-refractivity contribution in [2.45, 2.75) is 19.3 Å². The predicted octanol–water partition coefficient (Wildman–Crippen LogP) is 1.47. The molecule has 0 spiro atoms. The van der Waals surface area contributed by atoms with E-state index in [1.165, 1.54) is 0 Å². The second-order valence-corrected chi connectivity index (χ2v) is 5.24. The van der Waals surface area contributed by atoms with Gasteiger partial charge in [0, 0.05) is 12.7 Å². The van der Waals surface area contributed by atoms with Gasteiger partial charge in [0.25, 0.3) is 0 Å². The van der Waals surface area contributed by atoms with Crippen LogP contribution in [0.4, 0.5) is 5.69 Å². The Bertz CT molecular complexity index is 538. The van der Waals surface area contributed by atoms with Crippen molar-refractivity contribution in [3.8, 4) is 0 Å². The van der Waals surface area contributed by atoms with Gasteiger partial charge in [-0.2, -0.15) is 0 Å². The number of rotatable bonds is 3. The average molecular weight is 245 g/mol. The molecule has 1 N–H and O–H groups in total. The number of carboxylic acids is 1. The third-order valence-electron chi connectivity index (χ3n) is 3.96. The van der Waals surface area contributed by atoms with E-state index in [9.17, 15) is 9.59 Å². The van der Waals surface area contributed by atoms with Crippen LogP contribution in [0.2, 0.25) is 0 Å². The fraction of sp³-hybridized carbons (Fsp3) is 0.429. The van der Waals surface area contributed by atoms with E-state index in [-0.39, 0.29) is 17.7 Å². The van der Waals surface area contributed by atoms with Crippen molar-refractivity contribution in [3.05, 3.63) is 29.3 Å². The number of aliphatic carboxylic acids is 1. The van der Waals surface area contributed by atoms with E-state index in [1.54, 1.807) is 11.9 Å². The monoisotopic (exact) mass is 245 g/mol. The summed E-state index contributed by atoms with van der Waals surface area (Å²) >= 11 is 0. The minimum atomic E-state index is -0.684. The molecular weight excluding hydrogens is 230 g/mol. The Balaban J connectivity index is 1.75. The van der Waals surface area contributed by atoms with Crippen molar-refractivity contribution >= 4 is 17.6 Å². The van der Waals surface area contributed by atoms with Gasteiger partial charge in [0.1, 0.15) is 0 Å². The molecule has 94 valence electrons. The van der Waals surface area contributed by atoms with E-state index in [2.05, 4.69) is 0 Å². The van der Waals surface area contributed by atoms with Crippen molar-refractivity contribution in [2.24, 2.45) is 11.8 Å². The first-order valence-corrected chi connectivity index (χ1v) is 6.17. The molecule has 4 nitrogen and oxygen atoms in total. The molecule has 18 heavy (non-hydrogen) atoms. The maximum Gasteiger partial charge on any atom is 0.306 e. The lowest BCUT2D eigenvalue weighted by Crippen LogP contribution is -2.20. The molecule has 2 unspecified atom stereocenters. The summed E-state index contributed by atoms with van der Waals surface area (Å²) in [4.78, 5) is 24.0. The molecule has 0 bridgehead atoms. The van der Waals surface area contributed by atoms with Crippen LogP contribution >= 0.6 is 0 Å². The van der Waals surface area contributed by atoms with Gasteiger partial charge in [-0.05, 0) is 36.0 Å². The van der Waals surface area contributed by atoms with Gasteiger partial charge in [0.15, 0.2) is 0 Å². The average Bonchev–Trinajstić information content (AvgIpc) is 3.02. The highest BCUT2D eigenvalue weighted by Gasteiger charge is 2.42. The Kier molecular flexibility index (Phi) is 2.40. The molecule has 0 saturated heterocycles. The third-order valence-corrected chi connectivity index (χ3v) is 3.96. The number of fused-ring (bicyclic) bond motifs is 1. The van der Waals surface area contributed by atoms with Crippen molar-refractivity contribution in [1.29, 1.82) is 0 Å². The summed E-state index contributed by atoms with van der Waals surface area (Å²) in [6, 6.07) is 6.02. The molecule has 0 radical (unpaired) electrons. The lowest BCUT2D eigenvalue weighted by atomic mass is 10.0. The fourth-order valence-corrected chi connectivity index (χ4v) is 2.73. The van der Waals surface area contributed by atoms with Crippen LogP contribution in [-0.2, 0) is 22.4 Å². The fourth-order valence-electron chi connectivity index (χ4n) is 2.73. The van der Waals surface area contributed by atoms with E-state index in [1.807, 2.05) is 18.2 Å². The first kappa shape index (κ1) is 11.3. The van der Waals surface area contributed by atoms with Crippen LogP contribution in [0.1, 0.15) is 17.5 Å². The lowest BCUT2D eigenvalue weighted by Gasteiger charge is -2.10. The summed E-state index contributed by atoms with van der Waals surface area (Å²) in [7, 11) is 1.79. The van der Waals surface area contributed by atoms with Gasteiger partial charge in [0.2, 0.25) is 5.91 Å². The minimum absolute atomic E-state index is 0.122. The first-order chi connectivity index (χ1) is 8.56. The van der Waals surface area contributed by atoms with E-state index < -0.39 is 5.97 Å². The number of carbonyl (C=O) groups is 2. The summed E-state index contributed by atoms with van der Waals surface area (Å²) in [5.74, 6) is -0.453. The van der Waals surface area contributed by atoms with Crippen molar-refractivity contribution < 1.29 is 14.7 Å². The van der Waals surface area contributed by atoms with Crippen LogP contribution in [0.25, 0.3) is 0 Å². The highest BCUT2D eigenvalue weighted by molar-refractivity contribution is 6.00. The van der Waals surface area contributed by atoms with Crippen molar-refractivity contribution in [1.82, 2.24) is 0 Å². The number of anilines is 1. The molecule has 4 heteroatoms. The van der Waals surface area contributed by atoms with E-state index in [0.717, 1.165) is 29.7 Å². The Labute approximate surface area is 105 Å². The van der Waals surface area contributed by atoms with Crippen LogP contribution in [-0.4, -0.2) is 24.0 Å². The molecule has 0 aromatic heterocycles.